The molecule has 1 aromatic heterocycles. The molecule has 2 aromatic rings. The molecule has 0 aliphatic rings. The van der Waals surface area contributed by atoms with Gasteiger partial charge in [0.25, 0.3) is 5.91 Å². The van der Waals surface area contributed by atoms with E-state index in [1.165, 1.54) is 7.11 Å². The lowest BCUT2D eigenvalue weighted by atomic mass is 9.92. The summed E-state index contributed by atoms with van der Waals surface area (Å²) >= 11 is 6.09. The minimum absolute atomic E-state index is 0.0358. The van der Waals surface area contributed by atoms with E-state index in [0.29, 0.717) is 21.8 Å². The quantitative estimate of drug-likeness (QED) is 0.844. The SMILES string of the molecule is COC(=O)C[C@@](C)(NC(=O)c1cccc(Cl)c1C)c1ccccn1. The van der Waals surface area contributed by atoms with E-state index in [1.807, 2.05) is 0 Å². The Balaban J connectivity index is 2.36. The zero-order chi connectivity index (χ0) is 17.7. The normalized spacial score (nSPS) is 13.0. The number of aromatic nitrogens is 1. The molecule has 0 radical (unpaired) electrons. The Labute approximate surface area is 146 Å². The Morgan fingerprint density at radius 3 is 2.62 bits per heavy atom. The number of methoxy groups -OCH3 is 1. The molecule has 1 heterocycles. The Morgan fingerprint density at radius 2 is 2.00 bits per heavy atom. The molecular weight excluding hydrogens is 328 g/mol. The third-order valence-electron chi connectivity index (χ3n) is 3.86. The number of hydrogen-bond acceptors (Lipinski definition) is 4. The first kappa shape index (κ1) is 17.9. The van der Waals surface area contributed by atoms with Crippen LogP contribution in [0.25, 0.3) is 0 Å². The number of nitrogens with one attached hydrogen (secondary N) is 1. The summed E-state index contributed by atoms with van der Waals surface area (Å²) in [6.07, 6.45) is 1.58. The fourth-order valence-corrected chi connectivity index (χ4v) is 2.59. The zero-order valence-corrected chi connectivity index (χ0v) is 14.6. The summed E-state index contributed by atoms with van der Waals surface area (Å²) in [5.74, 6) is -0.765. The van der Waals surface area contributed by atoms with Crippen LogP contribution in [-0.2, 0) is 15.1 Å². The molecular formula is C18H19ClN2O3. The Hall–Kier alpha value is -2.40. The van der Waals surface area contributed by atoms with Crippen molar-refractivity contribution in [3.05, 3.63) is 64.4 Å². The van der Waals surface area contributed by atoms with Crippen LogP contribution >= 0.6 is 11.6 Å². The maximum absolute atomic E-state index is 12.7. The minimum atomic E-state index is -1.000. The molecule has 0 aliphatic carbocycles. The molecule has 0 bridgehead atoms. The average molecular weight is 347 g/mol. The first-order valence-electron chi connectivity index (χ1n) is 7.43. The molecule has 5 nitrogen and oxygen atoms in total. The number of nitrogens with zero attached hydrogens (tertiary/aromatic N) is 1. The van der Waals surface area contributed by atoms with Crippen LogP contribution in [0.4, 0.5) is 0 Å². The molecule has 0 saturated heterocycles. The highest BCUT2D eigenvalue weighted by Gasteiger charge is 2.34. The topological polar surface area (TPSA) is 68.3 Å². The van der Waals surface area contributed by atoms with Crippen molar-refractivity contribution in [2.45, 2.75) is 25.8 Å². The van der Waals surface area contributed by atoms with Crippen molar-refractivity contribution >= 4 is 23.5 Å². The van der Waals surface area contributed by atoms with E-state index in [9.17, 15) is 9.59 Å². The monoisotopic (exact) mass is 346 g/mol. The van der Waals surface area contributed by atoms with Crippen LogP contribution in [0.3, 0.4) is 0 Å². The number of carbonyl (C=O) groups is 2. The van der Waals surface area contributed by atoms with Gasteiger partial charge in [0.1, 0.15) is 0 Å². The van der Waals surface area contributed by atoms with Crippen LogP contribution in [-0.4, -0.2) is 24.0 Å². The molecule has 24 heavy (non-hydrogen) atoms. The molecule has 0 spiro atoms. The van der Waals surface area contributed by atoms with Crippen LogP contribution in [0, 0.1) is 6.92 Å². The van der Waals surface area contributed by atoms with Crippen LogP contribution in [0.2, 0.25) is 5.02 Å². The lowest BCUT2D eigenvalue weighted by Crippen LogP contribution is -2.46. The summed E-state index contributed by atoms with van der Waals surface area (Å²) < 4.78 is 4.76. The minimum Gasteiger partial charge on any atom is -0.469 e. The van der Waals surface area contributed by atoms with Crippen LogP contribution < -0.4 is 5.32 Å². The molecule has 0 aliphatic heterocycles. The molecule has 2 rings (SSSR count). The van der Waals surface area contributed by atoms with Gasteiger partial charge in [0.05, 0.1) is 24.8 Å². The summed E-state index contributed by atoms with van der Waals surface area (Å²) in [7, 11) is 1.31. The number of carbonyl (C=O) groups excluding carboxylic acids is 2. The molecule has 126 valence electrons. The smallest absolute Gasteiger partial charge is 0.308 e. The van der Waals surface area contributed by atoms with E-state index in [4.69, 9.17) is 16.3 Å². The molecule has 0 fully saturated rings. The number of rotatable bonds is 5. The van der Waals surface area contributed by atoms with E-state index in [0.717, 1.165) is 0 Å². The van der Waals surface area contributed by atoms with Gasteiger partial charge in [-0.25, -0.2) is 0 Å². The third kappa shape index (κ3) is 3.92. The van der Waals surface area contributed by atoms with Crippen molar-refractivity contribution in [2.75, 3.05) is 7.11 Å². The molecule has 1 amide bonds. The van der Waals surface area contributed by atoms with Gasteiger partial charge in [-0.15, -0.1) is 0 Å². The highest BCUT2D eigenvalue weighted by atomic mass is 35.5. The van der Waals surface area contributed by atoms with E-state index >= 15 is 0 Å². The maximum Gasteiger partial charge on any atom is 0.308 e. The summed E-state index contributed by atoms with van der Waals surface area (Å²) in [5.41, 5.74) is 0.705. The van der Waals surface area contributed by atoms with Gasteiger partial charge in [-0.1, -0.05) is 23.7 Å². The molecule has 1 aromatic carbocycles. The molecule has 1 atom stereocenters. The number of benzene rings is 1. The van der Waals surface area contributed by atoms with Gasteiger partial charge >= 0.3 is 5.97 Å². The third-order valence-corrected chi connectivity index (χ3v) is 4.27. The highest BCUT2D eigenvalue weighted by molar-refractivity contribution is 6.31. The first-order valence-corrected chi connectivity index (χ1v) is 7.81. The Morgan fingerprint density at radius 1 is 1.25 bits per heavy atom. The van der Waals surface area contributed by atoms with Crippen molar-refractivity contribution in [1.29, 1.82) is 0 Å². The lowest BCUT2D eigenvalue weighted by Gasteiger charge is -2.29. The van der Waals surface area contributed by atoms with Crippen molar-refractivity contribution in [3.8, 4) is 0 Å². The van der Waals surface area contributed by atoms with E-state index in [2.05, 4.69) is 10.3 Å². The summed E-state index contributed by atoms with van der Waals surface area (Å²) in [6, 6.07) is 10.4. The number of ether oxygens (including phenoxy) is 1. The summed E-state index contributed by atoms with van der Waals surface area (Å²) in [6.45, 7) is 3.51. The Kier molecular flexibility index (Phi) is 5.57. The first-order chi connectivity index (χ1) is 11.4. The number of halogens is 1. The van der Waals surface area contributed by atoms with Gasteiger partial charge in [-0.3, -0.25) is 14.6 Å². The summed E-state index contributed by atoms with van der Waals surface area (Å²) in [4.78, 5) is 28.8. The predicted molar refractivity (Wildman–Crippen MR) is 91.9 cm³/mol. The second kappa shape index (κ2) is 7.45. The van der Waals surface area contributed by atoms with Gasteiger partial charge in [0, 0.05) is 16.8 Å². The van der Waals surface area contributed by atoms with Crippen molar-refractivity contribution < 1.29 is 14.3 Å². The van der Waals surface area contributed by atoms with E-state index < -0.39 is 11.5 Å². The van der Waals surface area contributed by atoms with Gasteiger partial charge in [0.15, 0.2) is 0 Å². The average Bonchev–Trinajstić information content (AvgIpc) is 2.57. The molecule has 6 heteroatoms. The van der Waals surface area contributed by atoms with Crippen molar-refractivity contribution in [1.82, 2.24) is 10.3 Å². The van der Waals surface area contributed by atoms with Gasteiger partial charge in [-0.2, -0.15) is 0 Å². The van der Waals surface area contributed by atoms with Crippen molar-refractivity contribution in [3.63, 3.8) is 0 Å². The highest BCUT2D eigenvalue weighted by Crippen LogP contribution is 2.25. The maximum atomic E-state index is 12.7. The predicted octanol–water partition coefficient (Wildman–Crippen LogP) is 3.25. The number of amides is 1. The second-order valence-electron chi connectivity index (χ2n) is 5.67. The van der Waals surface area contributed by atoms with Crippen LogP contribution in [0.5, 0.6) is 0 Å². The fourth-order valence-electron chi connectivity index (χ4n) is 2.42. The van der Waals surface area contributed by atoms with Crippen LogP contribution in [0.15, 0.2) is 42.6 Å². The Bertz CT molecular complexity index is 749. The second-order valence-corrected chi connectivity index (χ2v) is 6.07. The van der Waals surface area contributed by atoms with Gasteiger partial charge in [-0.05, 0) is 43.7 Å². The lowest BCUT2D eigenvalue weighted by molar-refractivity contribution is -0.142. The molecule has 0 unspecified atom stereocenters. The number of pyridine rings is 1. The largest absolute Gasteiger partial charge is 0.469 e. The van der Waals surface area contributed by atoms with Gasteiger partial charge in [0.2, 0.25) is 0 Å². The molecule has 1 N–H and O–H groups in total. The van der Waals surface area contributed by atoms with E-state index in [-0.39, 0.29) is 12.3 Å². The van der Waals surface area contributed by atoms with E-state index in [1.54, 1.807) is 56.4 Å². The zero-order valence-electron chi connectivity index (χ0n) is 13.8. The van der Waals surface area contributed by atoms with Gasteiger partial charge < -0.3 is 10.1 Å². The standard InChI is InChI=1S/C18H19ClN2O3/c1-12-13(7-6-8-14(12)19)17(23)21-18(2,11-16(22)24-3)15-9-4-5-10-20-15/h4-10H,11H2,1-3H3,(H,21,23)/t18-/m1/s1. The number of hydrogen-bond donors (Lipinski definition) is 1. The number of esters is 1. The van der Waals surface area contributed by atoms with Crippen LogP contribution in [0.1, 0.15) is 35.0 Å². The van der Waals surface area contributed by atoms with Crippen molar-refractivity contribution in [2.24, 2.45) is 0 Å². The molecule has 0 saturated carbocycles. The fraction of sp³-hybridized carbons (Fsp3) is 0.278. The summed E-state index contributed by atoms with van der Waals surface area (Å²) in [5, 5.41) is 3.41.